The zero-order chi connectivity index (χ0) is 16.3. The molecule has 0 spiro atoms. The molecule has 0 fully saturated rings. The summed E-state index contributed by atoms with van der Waals surface area (Å²) < 4.78 is 20.8. The number of esters is 2. The first kappa shape index (κ1) is 20.9. The van der Waals surface area contributed by atoms with Gasteiger partial charge in [-0.1, -0.05) is 11.4 Å². The Balaban J connectivity index is 4.96. The Morgan fingerprint density at radius 1 is 1.00 bits per heavy atom. The highest BCUT2D eigenvalue weighted by atomic mass is 32.9. The van der Waals surface area contributed by atoms with Crippen molar-refractivity contribution in [2.24, 2.45) is 0 Å². The van der Waals surface area contributed by atoms with Gasteiger partial charge in [-0.25, -0.2) is 0 Å². The number of ether oxygens (including phenoxy) is 2. The van der Waals surface area contributed by atoms with Crippen LogP contribution in [0.3, 0.4) is 0 Å². The van der Waals surface area contributed by atoms with Crippen molar-refractivity contribution in [1.82, 2.24) is 0 Å². The fourth-order valence-corrected chi connectivity index (χ4v) is 6.83. The van der Waals surface area contributed by atoms with Crippen LogP contribution in [0.2, 0.25) is 0 Å². The van der Waals surface area contributed by atoms with Gasteiger partial charge in [0.25, 0.3) is 0 Å². The van der Waals surface area contributed by atoms with Crippen LogP contribution in [0.15, 0.2) is 0 Å². The van der Waals surface area contributed by atoms with Crippen LogP contribution in [-0.4, -0.2) is 43.6 Å². The van der Waals surface area contributed by atoms with E-state index in [0.717, 1.165) is 11.4 Å². The zero-order valence-electron chi connectivity index (χ0n) is 12.8. The first-order valence-electron chi connectivity index (χ1n) is 6.82. The number of hydrogen-bond donors (Lipinski definition) is 0. The Labute approximate surface area is 135 Å². The summed E-state index contributed by atoms with van der Waals surface area (Å²) in [6.45, 7) is 8.23. The predicted molar refractivity (Wildman–Crippen MR) is 86.8 cm³/mol. The lowest BCUT2D eigenvalue weighted by Crippen LogP contribution is -2.24. The van der Waals surface area contributed by atoms with Gasteiger partial charge in [0, 0.05) is 0 Å². The molecule has 9 heteroatoms. The van der Waals surface area contributed by atoms with Crippen LogP contribution in [0.1, 0.15) is 34.1 Å². The van der Waals surface area contributed by atoms with Crippen LogP contribution in [0.4, 0.5) is 0 Å². The Hall–Kier alpha value is -0.140. The van der Waals surface area contributed by atoms with Gasteiger partial charge in [0.05, 0.1) is 32.8 Å². The average Bonchev–Trinajstić information content (AvgIpc) is 2.39. The maximum Gasteiger partial charge on any atom is 0.320 e. The van der Waals surface area contributed by atoms with Crippen LogP contribution in [0.5, 0.6) is 0 Å². The number of hydrogen-bond acceptors (Lipinski definition) is 8. The Kier molecular flexibility index (Phi) is 11.4. The van der Waals surface area contributed by atoms with Crippen LogP contribution in [0, 0.1) is 0 Å². The minimum Gasteiger partial charge on any atom is -0.466 e. The first-order chi connectivity index (χ1) is 9.92. The quantitative estimate of drug-likeness (QED) is 0.412. The molecule has 6 nitrogen and oxygen atoms in total. The van der Waals surface area contributed by atoms with Gasteiger partial charge in [-0.15, -0.1) is 0 Å². The SMILES string of the molecule is CCOC(=O)CC(SP(=S)(OCC)OCC)C(=O)OCC. The fourth-order valence-electron chi connectivity index (χ4n) is 1.34. The highest BCUT2D eigenvalue weighted by Crippen LogP contribution is 2.63. The number of carbonyl (C=O) groups excluding carboxylic acids is 2. The lowest BCUT2D eigenvalue weighted by molar-refractivity contribution is -0.149. The molecule has 0 rings (SSSR count). The summed E-state index contributed by atoms with van der Waals surface area (Å²) in [5.41, 5.74) is -2.69. The molecule has 0 aromatic rings. The molecule has 0 aliphatic heterocycles. The molecule has 0 saturated heterocycles. The van der Waals surface area contributed by atoms with Crippen LogP contribution in [-0.2, 0) is 39.9 Å². The third kappa shape index (κ3) is 8.78. The van der Waals surface area contributed by atoms with Gasteiger partial charge in [0.2, 0.25) is 5.69 Å². The van der Waals surface area contributed by atoms with Gasteiger partial charge >= 0.3 is 11.9 Å². The molecule has 0 aromatic heterocycles. The van der Waals surface area contributed by atoms with E-state index in [9.17, 15) is 9.59 Å². The molecule has 21 heavy (non-hydrogen) atoms. The summed E-state index contributed by atoms with van der Waals surface area (Å²) in [5, 5.41) is -0.784. The lowest BCUT2D eigenvalue weighted by Gasteiger charge is -2.24. The summed E-state index contributed by atoms with van der Waals surface area (Å²) in [6, 6.07) is 0. The molecule has 1 atom stereocenters. The van der Waals surface area contributed by atoms with Crippen molar-refractivity contribution >= 4 is 40.8 Å². The topological polar surface area (TPSA) is 71.1 Å². The van der Waals surface area contributed by atoms with Crippen molar-refractivity contribution < 1.29 is 28.1 Å². The monoisotopic (exact) mass is 358 g/mol. The highest BCUT2D eigenvalue weighted by Gasteiger charge is 2.33. The average molecular weight is 358 g/mol. The van der Waals surface area contributed by atoms with Gasteiger partial charge in [-0.2, -0.15) is 0 Å². The molecule has 0 N–H and O–H groups in total. The summed E-state index contributed by atoms with van der Waals surface area (Å²) >= 11 is 6.42. The number of rotatable bonds is 11. The number of carbonyl (C=O) groups is 2. The van der Waals surface area contributed by atoms with Crippen molar-refractivity contribution in [2.75, 3.05) is 26.4 Å². The maximum absolute atomic E-state index is 12.0. The van der Waals surface area contributed by atoms with Gasteiger partial charge < -0.3 is 18.5 Å². The highest BCUT2D eigenvalue weighted by molar-refractivity contribution is 8.68. The minimum absolute atomic E-state index is 0.115. The van der Waals surface area contributed by atoms with Crippen molar-refractivity contribution in [3.05, 3.63) is 0 Å². The van der Waals surface area contributed by atoms with Crippen LogP contribution < -0.4 is 0 Å². The lowest BCUT2D eigenvalue weighted by atomic mass is 10.3. The van der Waals surface area contributed by atoms with E-state index in [4.69, 9.17) is 30.3 Å². The van der Waals surface area contributed by atoms with E-state index < -0.39 is 22.9 Å². The predicted octanol–water partition coefficient (Wildman–Crippen LogP) is 2.90. The molecular weight excluding hydrogens is 335 g/mol. The van der Waals surface area contributed by atoms with E-state index in [-0.39, 0.29) is 19.6 Å². The maximum atomic E-state index is 12.0. The smallest absolute Gasteiger partial charge is 0.320 e. The zero-order valence-corrected chi connectivity index (χ0v) is 15.4. The Morgan fingerprint density at radius 3 is 1.95 bits per heavy atom. The van der Waals surface area contributed by atoms with E-state index in [1.807, 2.05) is 0 Å². The third-order valence-electron chi connectivity index (χ3n) is 2.04. The molecule has 0 aromatic carbocycles. The molecule has 0 aliphatic carbocycles. The molecule has 0 aliphatic rings. The van der Waals surface area contributed by atoms with E-state index in [0.29, 0.717) is 13.2 Å². The Morgan fingerprint density at radius 2 is 1.52 bits per heavy atom. The van der Waals surface area contributed by atoms with Crippen molar-refractivity contribution in [3.8, 4) is 0 Å². The second kappa shape index (κ2) is 11.4. The van der Waals surface area contributed by atoms with Crippen LogP contribution >= 0.6 is 17.1 Å². The van der Waals surface area contributed by atoms with E-state index >= 15 is 0 Å². The normalized spacial score (nSPS) is 12.8. The third-order valence-corrected chi connectivity index (χ3v) is 7.64. The first-order valence-corrected chi connectivity index (χ1v) is 10.9. The summed E-state index contributed by atoms with van der Waals surface area (Å²) in [4.78, 5) is 23.6. The molecular formula is C12H23O6PS2. The van der Waals surface area contributed by atoms with E-state index in [1.54, 1.807) is 27.7 Å². The fraction of sp³-hybridized carbons (Fsp3) is 0.833. The summed E-state index contributed by atoms with van der Waals surface area (Å²) in [6.07, 6.45) is -0.115. The molecule has 0 bridgehead atoms. The molecule has 0 heterocycles. The standard InChI is InChI=1S/C12H23O6PS2/c1-5-15-11(13)9-10(12(14)16-6-2)21-19(20,17-7-3)18-8-4/h10H,5-9H2,1-4H3. The molecule has 1 unspecified atom stereocenters. The minimum atomic E-state index is -2.69. The Bertz CT molecular complexity index is 367. The molecule has 0 amide bonds. The van der Waals surface area contributed by atoms with Crippen molar-refractivity contribution in [3.63, 3.8) is 0 Å². The summed E-state index contributed by atoms with van der Waals surface area (Å²) in [5.74, 6) is -0.984. The molecule has 0 saturated carbocycles. The molecule has 124 valence electrons. The second-order valence-electron chi connectivity index (χ2n) is 3.64. The van der Waals surface area contributed by atoms with Gasteiger partial charge in [-0.05, 0) is 39.5 Å². The second-order valence-corrected chi connectivity index (χ2v) is 10.0. The summed E-state index contributed by atoms with van der Waals surface area (Å²) in [7, 11) is 0. The largest absolute Gasteiger partial charge is 0.466 e. The van der Waals surface area contributed by atoms with E-state index in [2.05, 4.69) is 0 Å². The van der Waals surface area contributed by atoms with Gasteiger partial charge in [0.1, 0.15) is 5.25 Å². The molecule has 0 radical (unpaired) electrons. The van der Waals surface area contributed by atoms with E-state index in [1.165, 1.54) is 0 Å². The van der Waals surface area contributed by atoms with Gasteiger partial charge in [-0.3, -0.25) is 9.59 Å². The van der Waals surface area contributed by atoms with Crippen molar-refractivity contribution in [2.45, 2.75) is 39.4 Å². The van der Waals surface area contributed by atoms with Crippen LogP contribution in [0.25, 0.3) is 0 Å². The van der Waals surface area contributed by atoms with Gasteiger partial charge in [0.15, 0.2) is 0 Å². The van der Waals surface area contributed by atoms with Crippen molar-refractivity contribution in [1.29, 1.82) is 0 Å².